The van der Waals surface area contributed by atoms with E-state index in [2.05, 4.69) is 17.0 Å². The molecule has 1 aromatic carbocycles. The number of anilines is 2. The third-order valence-corrected chi connectivity index (χ3v) is 4.70. The molecule has 0 radical (unpaired) electrons. The van der Waals surface area contributed by atoms with Crippen molar-refractivity contribution in [2.24, 2.45) is 0 Å². The topological polar surface area (TPSA) is 58.2 Å². The summed E-state index contributed by atoms with van der Waals surface area (Å²) in [5.74, 6) is 0.0883. The van der Waals surface area contributed by atoms with Crippen molar-refractivity contribution >= 4 is 21.4 Å². The van der Waals surface area contributed by atoms with E-state index in [1.165, 1.54) is 38.5 Å². The van der Waals surface area contributed by atoms with Crippen molar-refractivity contribution in [3.8, 4) is 0 Å². The summed E-state index contributed by atoms with van der Waals surface area (Å²) in [6, 6.07) is 7.39. The molecule has 0 fully saturated rings. The fourth-order valence-electron chi connectivity index (χ4n) is 2.05. The highest BCUT2D eigenvalue weighted by atomic mass is 32.2. The number of unbranched alkanes of at least 4 members (excludes halogenated alkanes) is 5. The molecule has 0 aliphatic rings. The van der Waals surface area contributed by atoms with Gasteiger partial charge in [-0.3, -0.25) is 4.72 Å². The molecule has 0 heterocycles. The summed E-state index contributed by atoms with van der Waals surface area (Å²) in [5, 5.41) is 3.36. The lowest BCUT2D eigenvalue weighted by atomic mass is 10.1. The van der Waals surface area contributed by atoms with Crippen molar-refractivity contribution in [2.45, 2.75) is 52.4 Å². The molecule has 0 saturated carbocycles. The Morgan fingerprint density at radius 2 is 1.43 bits per heavy atom. The molecular weight excluding hydrogens is 284 g/mol. The third kappa shape index (κ3) is 7.95. The van der Waals surface area contributed by atoms with Crippen LogP contribution in [0.1, 0.15) is 52.4 Å². The van der Waals surface area contributed by atoms with Gasteiger partial charge in [-0.2, -0.15) is 0 Å². The zero-order chi connectivity index (χ0) is 15.6. The van der Waals surface area contributed by atoms with Gasteiger partial charge >= 0.3 is 0 Å². The van der Waals surface area contributed by atoms with E-state index in [4.69, 9.17) is 0 Å². The molecule has 2 N–H and O–H groups in total. The van der Waals surface area contributed by atoms with Crippen LogP contribution in [0.2, 0.25) is 0 Å². The van der Waals surface area contributed by atoms with Gasteiger partial charge in [0.25, 0.3) is 0 Å². The Morgan fingerprint density at radius 3 is 2.05 bits per heavy atom. The lowest BCUT2D eigenvalue weighted by Crippen LogP contribution is -2.14. The number of nitrogens with one attached hydrogen (secondary N) is 2. The van der Waals surface area contributed by atoms with E-state index in [0.29, 0.717) is 5.69 Å². The Kier molecular flexibility index (Phi) is 8.20. The smallest absolute Gasteiger partial charge is 0.232 e. The Labute approximate surface area is 129 Å². The minimum absolute atomic E-state index is 0.0883. The third-order valence-electron chi connectivity index (χ3n) is 3.40. The maximum absolute atomic E-state index is 11.4. The first-order valence-corrected chi connectivity index (χ1v) is 9.57. The van der Waals surface area contributed by atoms with Gasteiger partial charge in [0, 0.05) is 17.9 Å². The summed E-state index contributed by atoms with van der Waals surface area (Å²) < 4.78 is 25.4. The zero-order valence-electron chi connectivity index (χ0n) is 13.2. The summed E-state index contributed by atoms with van der Waals surface area (Å²) in [5.41, 5.74) is 1.64. The van der Waals surface area contributed by atoms with Crippen molar-refractivity contribution in [2.75, 3.05) is 22.3 Å². The van der Waals surface area contributed by atoms with Gasteiger partial charge in [-0.15, -0.1) is 0 Å². The van der Waals surface area contributed by atoms with Gasteiger partial charge in [0.15, 0.2) is 0 Å². The first-order chi connectivity index (χ1) is 10.1. The predicted octanol–water partition coefficient (Wildman–Crippen LogP) is 4.22. The van der Waals surface area contributed by atoms with Crippen LogP contribution in [-0.4, -0.2) is 20.7 Å². The van der Waals surface area contributed by atoms with Crippen LogP contribution in [0.5, 0.6) is 0 Å². The van der Waals surface area contributed by atoms with Crippen molar-refractivity contribution in [3.63, 3.8) is 0 Å². The molecule has 0 unspecified atom stereocenters. The van der Waals surface area contributed by atoms with E-state index in [1.807, 2.05) is 12.1 Å². The molecule has 0 amide bonds. The molecule has 5 heteroatoms. The molecule has 120 valence electrons. The molecule has 21 heavy (non-hydrogen) atoms. The Hall–Kier alpha value is -1.23. The number of hydrogen-bond donors (Lipinski definition) is 2. The molecule has 0 aromatic heterocycles. The molecule has 0 atom stereocenters. The van der Waals surface area contributed by atoms with Gasteiger partial charge in [0.1, 0.15) is 0 Å². The van der Waals surface area contributed by atoms with E-state index in [-0.39, 0.29) is 5.75 Å². The van der Waals surface area contributed by atoms with E-state index in [1.54, 1.807) is 19.1 Å². The van der Waals surface area contributed by atoms with Gasteiger partial charge in [0.05, 0.1) is 5.75 Å². The van der Waals surface area contributed by atoms with Crippen LogP contribution in [-0.2, 0) is 10.0 Å². The summed E-state index contributed by atoms with van der Waals surface area (Å²) in [7, 11) is -3.19. The second-order valence-electron chi connectivity index (χ2n) is 5.28. The quantitative estimate of drug-likeness (QED) is 0.601. The number of benzene rings is 1. The maximum Gasteiger partial charge on any atom is 0.232 e. The minimum Gasteiger partial charge on any atom is -0.385 e. The van der Waals surface area contributed by atoms with Crippen LogP contribution < -0.4 is 10.0 Å². The fourth-order valence-corrected chi connectivity index (χ4v) is 2.69. The standard InChI is InChI=1S/C16H28N2O2S/c1-3-5-6-7-8-9-14-17-15-10-12-16(13-11-15)18-21(19,20)4-2/h10-13,17-18H,3-9,14H2,1-2H3. The molecule has 1 rings (SSSR count). The second kappa shape index (κ2) is 9.66. The molecule has 0 aliphatic heterocycles. The van der Waals surface area contributed by atoms with Gasteiger partial charge in [0.2, 0.25) is 10.0 Å². The molecule has 0 saturated heterocycles. The van der Waals surface area contributed by atoms with Gasteiger partial charge < -0.3 is 5.32 Å². The lowest BCUT2D eigenvalue weighted by molar-refractivity contribution is 0.602. The predicted molar refractivity (Wildman–Crippen MR) is 91.4 cm³/mol. The highest BCUT2D eigenvalue weighted by Crippen LogP contribution is 2.15. The Balaban J connectivity index is 2.25. The largest absolute Gasteiger partial charge is 0.385 e. The molecule has 4 nitrogen and oxygen atoms in total. The summed E-state index contributed by atoms with van der Waals surface area (Å²) in [6.07, 6.45) is 7.71. The van der Waals surface area contributed by atoms with Crippen LogP contribution in [0.3, 0.4) is 0 Å². The highest BCUT2D eigenvalue weighted by Gasteiger charge is 2.05. The summed E-state index contributed by atoms with van der Waals surface area (Å²) in [6.45, 7) is 4.82. The zero-order valence-corrected chi connectivity index (χ0v) is 14.0. The van der Waals surface area contributed by atoms with E-state index in [0.717, 1.165) is 12.2 Å². The van der Waals surface area contributed by atoms with Crippen LogP contribution in [0.4, 0.5) is 11.4 Å². The second-order valence-corrected chi connectivity index (χ2v) is 7.29. The average Bonchev–Trinajstić information content (AvgIpc) is 2.48. The van der Waals surface area contributed by atoms with E-state index < -0.39 is 10.0 Å². The van der Waals surface area contributed by atoms with Crippen LogP contribution >= 0.6 is 0 Å². The minimum atomic E-state index is -3.19. The van der Waals surface area contributed by atoms with E-state index in [9.17, 15) is 8.42 Å². The Bertz CT molecular complexity index is 484. The lowest BCUT2D eigenvalue weighted by Gasteiger charge is -2.09. The molecule has 0 spiro atoms. The Morgan fingerprint density at radius 1 is 0.857 bits per heavy atom. The van der Waals surface area contributed by atoms with Crippen molar-refractivity contribution in [1.29, 1.82) is 0 Å². The molecule has 1 aromatic rings. The van der Waals surface area contributed by atoms with Crippen molar-refractivity contribution in [1.82, 2.24) is 0 Å². The SMILES string of the molecule is CCCCCCCCNc1ccc(NS(=O)(=O)CC)cc1. The maximum atomic E-state index is 11.4. The van der Waals surface area contributed by atoms with Crippen LogP contribution in [0.15, 0.2) is 24.3 Å². The fraction of sp³-hybridized carbons (Fsp3) is 0.625. The number of hydrogen-bond acceptors (Lipinski definition) is 3. The van der Waals surface area contributed by atoms with Crippen LogP contribution in [0.25, 0.3) is 0 Å². The van der Waals surface area contributed by atoms with Crippen molar-refractivity contribution in [3.05, 3.63) is 24.3 Å². The molecule has 0 aliphatic carbocycles. The van der Waals surface area contributed by atoms with Gasteiger partial charge in [-0.25, -0.2) is 8.42 Å². The summed E-state index contributed by atoms with van der Waals surface area (Å²) in [4.78, 5) is 0. The van der Waals surface area contributed by atoms with E-state index >= 15 is 0 Å². The molecular formula is C16H28N2O2S. The number of sulfonamides is 1. The normalized spacial score (nSPS) is 11.3. The monoisotopic (exact) mass is 312 g/mol. The average molecular weight is 312 g/mol. The first kappa shape index (κ1) is 17.8. The first-order valence-electron chi connectivity index (χ1n) is 7.92. The van der Waals surface area contributed by atoms with Crippen molar-refractivity contribution < 1.29 is 8.42 Å². The van der Waals surface area contributed by atoms with Crippen LogP contribution in [0, 0.1) is 0 Å². The van der Waals surface area contributed by atoms with Gasteiger partial charge in [-0.1, -0.05) is 39.0 Å². The van der Waals surface area contributed by atoms with Gasteiger partial charge in [-0.05, 0) is 37.6 Å². The molecule has 0 bridgehead atoms. The summed E-state index contributed by atoms with van der Waals surface area (Å²) >= 11 is 0. The number of rotatable bonds is 11. The highest BCUT2D eigenvalue weighted by molar-refractivity contribution is 7.92.